The summed E-state index contributed by atoms with van der Waals surface area (Å²) in [6.45, 7) is 2.40. The first-order valence-corrected chi connectivity index (χ1v) is 6.82. The van der Waals surface area contributed by atoms with Gasteiger partial charge in [0.15, 0.2) is 0 Å². The minimum absolute atomic E-state index is 0.190. The standard InChI is InChI=1S/C14H14N2O2S/c1-2-15-13(17)10-6-3-4-7-11(10)16-14(18)12-8-5-9-19-12/h3-9H,2H2,1H3,(H,15,17)(H,16,18). The maximum Gasteiger partial charge on any atom is 0.265 e. The topological polar surface area (TPSA) is 58.2 Å². The Morgan fingerprint density at radius 3 is 2.58 bits per heavy atom. The maximum absolute atomic E-state index is 12.0. The van der Waals surface area contributed by atoms with Gasteiger partial charge >= 0.3 is 0 Å². The Balaban J connectivity index is 2.21. The number of rotatable bonds is 4. The van der Waals surface area contributed by atoms with Crippen molar-refractivity contribution in [1.82, 2.24) is 5.32 Å². The van der Waals surface area contributed by atoms with Gasteiger partial charge in [-0.1, -0.05) is 18.2 Å². The van der Waals surface area contributed by atoms with Crippen molar-refractivity contribution in [1.29, 1.82) is 0 Å². The van der Waals surface area contributed by atoms with Gasteiger partial charge < -0.3 is 10.6 Å². The van der Waals surface area contributed by atoms with Crippen LogP contribution in [0.1, 0.15) is 27.0 Å². The molecule has 2 rings (SSSR count). The molecule has 1 heterocycles. The number of hydrogen-bond donors (Lipinski definition) is 2. The van der Waals surface area contributed by atoms with Crippen LogP contribution in [0, 0.1) is 0 Å². The lowest BCUT2D eigenvalue weighted by atomic mass is 10.1. The van der Waals surface area contributed by atoms with E-state index in [1.807, 2.05) is 18.4 Å². The molecule has 0 atom stereocenters. The van der Waals surface area contributed by atoms with Crippen LogP contribution in [0.5, 0.6) is 0 Å². The number of carbonyl (C=O) groups is 2. The van der Waals surface area contributed by atoms with Gasteiger partial charge in [0.05, 0.1) is 16.1 Å². The van der Waals surface area contributed by atoms with Crippen molar-refractivity contribution in [2.24, 2.45) is 0 Å². The molecule has 98 valence electrons. The van der Waals surface area contributed by atoms with E-state index in [0.717, 1.165) is 0 Å². The molecule has 0 radical (unpaired) electrons. The first kappa shape index (κ1) is 13.3. The number of para-hydroxylation sites is 1. The van der Waals surface area contributed by atoms with Crippen LogP contribution in [0.4, 0.5) is 5.69 Å². The zero-order valence-corrected chi connectivity index (χ0v) is 11.3. The fraction of sp³-hybridized carbons (Fsp3) is 0.143. The predicted molar refractivity (Wildman–Crippen MR) is 76.7 cm³/mol. The number of anilines is 1. The van der Waals surface area contributed by atoms with E-state index in [1.165, 1.54) is 11.3 Å². The van der Waals surface area contributed by atoms with Crippen molar-refractivity contribution in [3.05, 3.63) is 52.2 Å². The number of amides is 2. The van der Waals surface area contributed by atoms with Crippen LogP contribution >= 0.6 is 11.3 Å². The van der Waals surface area contributed by atoms with E-state index >= 15 is 0 Å². The quantitative estimate of drug-likeness (QED) is 0.900. The lowest BCUT2D eigenvalue weighted by Crippen LogP contribution is -2.24. The second kappa shape index (κ2) is 6.15. The first-order chi connectivity index (χ1) is 9.22. The second-order valence-corrected chi connectivity index (χ2v) is 4.78. The lowest BCUT2D eigenvalue weighted by molar-refractivity contribution is 0.0956. The monoisotopic (exact) mass is 274 g/mol. The SMILES string of the molecule is CCNC(=O)c1ccccc1NC(=O)c1cccs1. The number of benzene rings is 1. The van der Waals surface area contributed by atoms with Crippen molar-refractivity contribution in [3.63, 3.8) is 0 Å². The highest BCUT2D eigenvalue weighted by Gasteiger charge is 2.13. The Labute approximate surface area is 115 Å². The van der Waals surface area contributed by atoms with Crippen LogP contribution in [0.25, 0.3) is 0 Å². The van der Waals surface area contributed by atoms with E-state index in [1.54, 1.807) is 30.3 Å². The van der Waals surface area contributed by atoms with E-state index < -0.39 is 0 Å². The smallest absolute Gasteiger partial charge is 0.265 e. The molecule has 2 amide bonds. The minimum atomic E-state index is -0.202. The molecule has 0 saturated heterocycles. The fourth-order valence-corrected chi connectivity index (χ4v) is 2.26. The summed E-state index contributed by atoms with van der Waals surface area (Å²) in [5.41, 5.74) is 0.987. The van der Waals surface area contributed by atoms with E-state index in [-0.39, 0.29) is 11.8 Å². The highest BCUT2D eigenvalue weighted by molar-refractivity contribution is 7.12. The number of thiophene rings is 1. The molecule has 4 nitrogen and oxygen atoms in total. The largest absolute Gasteiger partial charge is 0.352 e. The summed E-state index contributed by atoms with van der Waals surface area (Å²) < 4.78 is 0. The van der Waals surface area contributed by atoms with Crippen molar-refractivity contribution in [3.8, 4) is 0 Å². The fourth-order valence-electron chi connectivity index (χ4n) is 1.64. The Hall–Kier alpha value is -2.14. The van der Waals surface area contributed by atoms with Gasteiger partial charge in [0.25, 0.3) is 11.8 Å². The minimum Gasteiger partial charge on any atom is -0.352 e. The molecule has 2 aromatic rings. The van der Waals surface area contributed by atoms with E-state index in [0.29, 0.717) is 22.7 Å². The highest BCUT2D eigenvalue weighted by atomic mass is 32.1. The average Bonchev–Trinajstić information content (AvgIpc) is 2.93. The van der Waals surface area contributed by atoms with Crippen molar-refractivity contribution < 1.29 is 9.59 Å². The second-order valence-electron chi connectivity index (χ2n) is 3.84. The van der Waals surface area contributed by atoms with Crippen LogP contribution in [-0.2, 0) is 0 Å². The molecule has 0 unspecified atom stereocenters. The molecule has 1 aromatic carbocycles. The third-order valence-corrected chi connectivity index (χ3v) is 3.37. The molecule has 0 bridgehead atoms. The van der Waals surface area contributed by atoms with Gasteiger partial charge in [0, 0.05) is 6.54 Å². The van der Waals surface area contributed by atoms with E-state index in [4.69, 9.17) is 0 Å². The molecule has 0 aliphatic rings. The Morgan fingerprint density at radius 1 is 1.11 bits per heavy atom. The van der Waals surface area contributed by atoms with Gasteiger partial charge in [-0.2, -0.15) is 0 Å². The van der Waals surface area contributed by atoms with Gasteiger partial charge in [-0.05, 0) is 30.5 Å². The Bertz CT molecular complexity index is 579. The molecule has 0 aliphatic carbocycles. The van der Waals surface area contributed by atoms with E-state index in [9.17, 15) is 9.59 Å². The lowest BCUT2D eigenvalue weighted by Gasteiger charge is -2.09. The van der Waals surface area contributed by atoms with Gasteiger partial charge in [0.2, 0.25) is 0 Å². The molecular weight excluding hydrogens is 260 g/mol. The average molecular weight is 274 g/mol. The van der Waals surface area contributed by atoms with Gasteiger partial charge in [-0.3, -0.25) is 9.59 Å². The van der Waals surface area contributed by atoms with Gasteiger partial charge in [-0.15, -0.1) is 11.3 Å². The van der Waals surface area contributed by atoms with Crippen LogP contribution in [0.3, 0.4) is 0 Å². The molecular formula is C14H14N2O2S. The third-order valence-electron chi connectivity index (χ3n) is 2.50. The molecule has 0 saturated carbocycles. The zero-order chi connectivity index (χ0) is 13.7. The summed E-state index contributed by atoms with van der Waals surface area (Å²) in [5.74, 6) is -0.392. The summed E-state index contributed by atoms with van der Waals surface area (Å²) in [4.78, 5) is 24.5. The van der Waals surface area contributed by atoms with Gasteiger partial charge in [-0.25, -0.2) is 0 Å². The zero-order valence-electron chi connectivity index (χ0n) is 10.5. The summed E-state index contributed by atoms with van der Waals surface area (Å²) >= 11 is 1.36. The molecule has 2 N–H and O–H groups in total. The Kier molecular flexibility index (Phi) is 4.30. The summed E-state index contributed by atoms with van der Waals surface area (Å²) in [5, 5.41) is 7.32. The van der Waals surface area contributed by atoms with Crippen molar-refractivity contribution in [2.45, 2.75) is 6.92 Å². The third kappa shape index (κ3) is 3.20. The highest BCUT2D eigenvalue weighted by Crippen LogP contribution is 2.17. The van der Waals surface area contributed by atoms with Crippen LogP contribution in [-0.4, -0.2) is 18.4 Å². The maximum atomic E-state index is 12.0. The molecule has 0 spiro atoms. The Morgan fingerprint density at radius 2 is 1.89 bits per heavy atom. The number of hydrogen-bond acceptors (Lipinski definition) is 3. The van der Waals surface area contributed by atoms with Crippen LogP contribution in [0.2, 0.25) is 0 Å². The predicted octanol–water partition coefficient (Wildman–Crippen LogP) is 2.75. The summed E-state index contributed by atoms with van der Waals surface area (Å²) in [7, 11) is 0. The summed E-state index contributed by atoms with van der Waals surface area (Å²) in [6.07, 6.45) is 0. The van der Waals surface area contributed by atoms with E-state index in [2.05, 4.69) is 10.6 Å². The summed E-state index contributed by atoms with van der Waals surface area (Å²) in [6, 6.07) is 10.5. The van der Waals surface area contributed by atoms with Crippen LogP contribution in [0.15, 0.2) is 41.8 Å². The van der Waals surface area contributed by atoms with Crippen LogP contribution < -0.4 is 10.6 Å². The molecule has 19 heavy (non-hydrogen) atoms. The molecule has 0 fully saturated rings. The normalized spacial score (nSPS) is 9.95. The van der Waals surface area contributed by atoms with Gasteiger partial charge in [0.1, 0.15) is 0 Å². The van der Waals surface area contributed by atoms with Crippen molar-refractivity contribution in [2.75, 3.05) is 11.9 Å². The molecule has 0 aliphatic heterocycles. The molecule has 1 aromatic heterocycles. The number of carbonyl (C=O) groups excluding carboxylic acids is 2. The number of nitrogens with one attached hydrogen (secondary N) is 2. The first-order valence-electron chi connectivity index (χ1n) is 5.94. The van der Waals surface area contributed by atoms with Crippen molar-refractivity contribution >= 4 is 28.8 Å². The molecule has 5 heteroatoms.